The fourth-order valence-corrected chi connectivity index (χ4v) is 2.98. The molecule has 2 aromatic rings. The first-order chi connectivity index (χ1) is 10.1. The molecule has 1 fully saturated rings. The number of hydrogen-bond acceptors (Lipinski definition) is 6. The normalized spacial score (nSPS) is 15.3. The fraction of sp³-hybridized carbons (Fsp3) is 0.385. The second kappa shape index (κ2) is 5.65. The maximum absolute atomic E-state index is 12.1. The van der Waals surface area contributed by atoms with E-state index in [0.717, 1.165) is 4.88 Å². The zero-order chi connectivity index (χ0) is 14.8. The van der Waals surface area contributed by atoms with Gasteiger partial charge in [-0.1, -0.05) is 6.07 Å². The van der Waals surface area contributed by atoms with Gasteiger partial charge >= 0.3 is 0 Å². The highest BCUT2D eigenvalue weighted by molar-refractivity contribution is 7.13. The Morgan fingerprint density at radius 2 is 2.05 bits per heavy atom. The van der Waals surface area contributed by atoms with Gasteiger partial charge in [0.2, 0.25) is 11.9 Å². The van der Waals surface area contributed by atoms with Gasteiger partial charge in [-0.2, -0.15) is 0 Å². The number of carbonyl (C=O) groups excluding carboxylic acids is 1. The summed E-state index contributed by atoms with van der Waals surface area (Å²) >= 11 is 1.45. The number of rotatable bonds is 2. The van der Waals surface area contributed by atoms with E-state index in [2.05, 4.69) is 15.2 Å². The molecule has 0 spiro atoms. The van der Waals surface area contributed by atoms with Gasteiger partial charge in [-0.15, -0.1) is 21.5 Å². The summed E-state index contributed by atoms with van der Waals surface area (Å²) < 4.78 is 0. The van der Waals surface area contributed by atoms with Crippen LogP contribution in [0.4, 0.5) is 5.95 Å². The Bertz CT molecular complexity index is 689. The maximum atomic E-state index is 12.1. The van der Waals surface area contributed by atoms with Crippen molar-refractivity contribution < 1.29 is 4.79 Å². The number of thiophene rings is 1. The molecule has 2 aromatic heterocycles. The van der Waals surface area contributed by atoms with Gasteiger partial charge in [-0.3, -0.25) is 14.6 Å². The van der Waals surface area contributed by atoms with Gasteiger partial charge in [-0.05, 0) is 11.4 Å². The summed E-state index contributed by atoms with van der Waals surface area (Å²) in [5.41, 5.74) is 0.104. The van der Waals surface area contributed by atoms with Gasteiger partial charge in [0.1, 0.15) is 0 Å². The minimum absolute atomic E-state index is 0.0715. The lowest BCUT2D eigenvalue weighted by Gasteiger charge is -2.34. The van der Waals surface area contributed by atoms with Crippen LogP contribution >= 0.6 is 11.3 Å². The van der Waals surface area contributed by atoms with Crippen molar-refractivity contribution in [2.75, 3.05) is 31.1 Å². The highest BCUT2D eigenvalue weighted by Crippen LogP contribution is 2.19. The fourth-order valence-electron chi connectivity index (χ4n) is 2.28. The van der Waals surface area contributed by atoms with Crippen LogP contribution in [0.15, 0.2) is 22.3 Å². The minimum Gasteiger partial charge on any atom is -0.339 e. The van der Waals surface area contributed by atoms with Gasteiger partial charge in [0, 0.05) is 33.1 Å². The van der Waals surface area contributed by atoms with E-state index in [-0.39, 0.29) is 11.5 Å². The van der Waals surface area contributed by atoms with Crippen molar-refractivity contribution in [1.82, 2.24) is 20.1 Å². The number of nitrogens with one attached hydrogen (secondary N) is 1. The van der Waals surface area contributed by atoms with Crippen molar-refractivity contribution in [1.29, 1.82) is 0 Å². The molecule has 110 valence electrons. The standard InChI is InChI=1S/C13H15N5O2S/c1-9(19)17-4-6-18(7-5-17)13-14-12(20)11(15-16-13)10-3-2-8-21-10/h2-3,8H,4-7H2,1H3,(H,14,16,20). The first-order valence-electron chi connectivity index (χ1n) is 6.66. The smallest absolute Gasteiger partial charge is 0.280 e. The molecule has 3 heterocycles. The molecule has 0 aliphatic carbocycles. The Morgan fingerprint density at radius 3 is 2.62 bits per heavy atom. The lowest BCUT2D eigenvalue weighted by molar-refractivity contribution is -0.129. The lowest BCUT2D eigenvalue weighted by atomic mass is 10.3. The molecule has 0 bridgehead atoms. The van der Waals surface area contributed by atoms with E-state index in [1.54, 1.807) is 11.8 Å². The number of nitrogens with zero attached hydrogens (tertiary/aromatic N) is 4. The number of aromatic amines is 1. The summed E-state index contributed by atoms with van der Waals surface area (Å²) in [6, 6.07) is 3.71. The van der Waals surface area contributed by atoms with Gasteiger partial charge in [0.25, 0.3) is 5.56 Å². The molecule has 1 aliphatic rings. The van der Waals surface area contributed by atoms with Crippen LogP contribution in [0.5, 0.6) is 0 Å². The zero-order valence-electron chi connectivity index (χ0n) is 11.6. The van der Waals surface area contributed by atoms with Crippen LogP contribution in [0.1, 0.15) is 6.92 Å². The Hall–Kier alpha value is -2.22. The summed E-state index contributed by atoms with van der Waals surface area (Å²) in [5.74, 6) is 0.533. The topological polar surface area (TPSA) is 82.2 Å². The predicted octanol–water partition coefficient (Wildman–Crippen LogP) is 0.562. The molecule has 7 nitrogen and oxygen atoms in total. The largest absolute Gasteiger partial charge is 0.339 e. The number of carbonyl (C=O) groups is 1. The van der Waals surface area contributed by atoms with Crippen LogP contribution in [0.25, 0.3) is 10.6 Å². The summed E-state index contributed by atoms with van der Waals surface area (Å²) in [4.78, 5) is 30.7. The molecule has 1 amide bonds. The first kappa shape index (κ1) is 13.7. The summed E-state index contributed by atoms with van der Waals surface area (Å²) in [6.07, 6.45) is 0. The molecule has 21 heavy (non-hydrogen) atoms. The van der Waals surface area contributed by atoms with Crippen molar-refractivity contribution in [3.8, 4) is 10.6 Å². The molecule has 1 saturated heterocycles. The van der Waals surface area contributed by atoms with Crippen molar-refractivity contribution >= 4 is 23.2 Å². The Kier molecular flexibility index (Phi) is 3.70. The van der Waals surface area contributed by atoms with Crippen LogP contribution in [0.2, 0.25) is 0 Å². The molecule has 8 heteroatoms. The molecular formula is C13H15N5O2S. The molecule has 1 N–H and O–H groups in total. The second-order valence-electron chi connectivity index (χ2n) is 4.80. The van der Waals surface area contributed by atoms with E-state index >= 15 is 0 Å². The van der Waals surface area contributed by atoms with Gasteiger partial charge in [0.15, 0.2) is 5.69 Å². The van der Waals surface area contributed by atoms with E-state index in [1.807, 2.05) is 22.4 Å². The second-order valence-corrected chi connectivity index (χ2v) is 5.74. The predicted molar refractivity (Wildman–Crippen MR) is 80.4 cm³/mol. The van der Waals surface area contributed by atoms with Crippen molar-refractivity contribution in [3.05, 3.63) is 27.9 Å². The molecule has 0 saturated carbocycles. The average Bonchev–Trinajstić information content (AvgIpc) is 3.01. The van der Waals surface area contributed by atoms with Crippen molar-refractivity contribution in [2.24, 2.45) is 0 Å². The van der Waals surface area contributed by atoms with E-state index in [9.17, 15) is 9.59 Å². The Balaban J connectivity index is 1.77. The van der Waals surface area contributed by atoms with E-state index in [1.165, 1.54) is 11.3 Å². The number of piperazine rings is 1. The monoisotopic (exact) mass is 305 g/mol. The first-order valence-corrected chi connectivity index (χ1v) is 7.54. The number of amides is 1. The summed E-state index contributed by atoms with van der Waals surface area (Å²) in [5, 5.41) is 10.1. The highest BCUT2D eigenvalue weighted by Gasteiger charge is 2.21. The Morgan fingerprint density at radius 1 is 1.29 bits per heavy atom. The van der Waals surface area contributed by atoms with Crippen LogP contribution in [-0.4, -0.2) is 52.2 Å². The van der Waals surface area contributed by atoms with E-state index in [0.29, 0.717) is 37.8 Å². The minimum atomic E-state index is -0.239. The lowest BCUT2D eigenvalue weighted by Crippen LogP contribution is -2.49. The van der Waals surface area contributed by atoms with Crippen LogP contribution in [-0.2, 0) is 4.79 Å². The number of hydrogen-bond donors (Lipinski definition) is 1. The van der Waals surface area contributed by atoms with Crippen LogP contribution in [0.3, 0.4) is 0 Å². The molecule has 1 aliphatic heterocycles. The summed E-state index contributed by atoms with van der Waals surface area (Å²) in [6.45, 7) is 4.11. The van der Waals surface area contributed by atoms with Crippen LogP contribution in [0, 0.1) is 0 Å². The van der Waals surface area contributed by atoms with Gasteiger partial charge in [0.05, 0.1) is 4.88 Å². The molecule has 3 rings (SSSR count). The molecule has 0 unspecified atom stereocenters. The van der Waals surface area contributed by atoms with Gasteiger partial charge in [-0.25, -0.2) is 0 Å². The third-order valence-electron chi connectivity index (χ3n) is 3.46. The van der Waals surface area contributed by atoms with Crippen LogP contribution < -0.4 is 10.5 Å². The van der Waals surface area contributed by atoms with Crippen molar-refractivity contribution in [3.63, 3.8) is 0 Å². The number of aromatic nitrogens is 3. The third kappa shape index (κ3) is 2.80. The quantitative estimate of drug-likeness (QED) is 0.877. The molecular weight excluding hydrogens is 290 g/mol. The molecule has 0 radical (unpaired) electrons. The average molecular weight is 305 g/mol. The third-order valence-corrected chi connectivity index (χ3v) is 4.34. The number of H-pyrrole nitrogens is 1. The van der Waals surface area contributed by atoms with Gasteiger partial charge < -0.3 is 9.80 Å². The summed E-state index contributed by atoms with van der Waals surface area (Å²) in [7, 11) is 0. The van der Waals surface area contributed by atoms with Crippen molar-refractivity contribution in [2.45, 2.75) is 6.92 Å². The highest BCUT2D eigenvalue weighted by atomic mass is 32.1. The van der Waals surface area contributed by atoms with E-state index in [4.69, 9.17) is 0 Å². The zero-order valence-corrected chi connectivity index (χ0v) is 12.4. The van der Waals surface area contributed by atoms with E-state index < -0.39 is 0 Å². The number of anilines is 1. The SMILES string of the molecule is CC(=O)N1CCN(c2nnc(-c3cccs3)c(=O)[nH]2)CC1. The maximum Gasteiger partial charge on any atom is 0.280 e. The molecule has 0 aromatic carbocycles. The Labute approximate surface area is 125 Å². The molecule has 0 atom stereocenters.